The van der Waals surface area contributed by atoms with Crippen LogP contribution in [0, 0.1) is 24.7 Å². The van der Waals surface area contributed by atoms with E-state index in [2.05, 4.69) is 6.92 Å². The van der Waals surface area contributed by atoms with Crippen molar-refractivity contribution in [2.45, 2.75) is 26.2 Å². The summed E-state index contributed by atoms with van der Waals surface area (Å²) in [5.41, 5.74) is 0.965. The van der Waals surface area contributed by atoms with Crippen molar-refractivity contribution in [3.8, 4) is 0 Å². The second-order valence-electron chi connectivity index (χ2n) is 4.59. The molecular formula is C12H14OS. The Labute approximate surface area is 88.1 Å². The summed E-state index contributed by atoms with van der Waals surface area (Å²) in [7, 11) is 0. The molecule has 2 aliphatic rings. The molecule has 0 aromatic carbocycles. The maximum absolute atomic E-state index is 12.0. The first-order valence-electron chi connectivity index (χ1n) is 5.37. The number of carbonyl (C=O) groups is 1. The van der Waals surface area contributed by atoms with Crippen LogP contribution in [0.5, 0.6) is 0 Å². The molecule has 1 heterocycles. The molecule has 1 aromatic heterocycles. The van der Waals surface area contributed by atoms with E-state index in [1.54, 1.807) is 11.3 Å². The second-order valence-corrected chi connectivity index (χ2v) is 5.71. The van der Waals surface area contributed by atoms with Gasteiger partial charge in [-0.25, -0.2) is 0 Å². The van der Waals surface area contributed by atoms with Gasteiger partial charge in [-0.1, -0.05) is 6.42 Å². The summed E-state index contributed by atoms with van der Waals surface area (Å²) in [5, 5.41) is 2.02. The zero-order valence-corrected chi connectivity index (χ0v) is 9.14. The highest BCUT2D eigenvalue weighted by Crippen LogP contribution is 2.58. The lowest BCUT2D eigenvalue weighted by atomic mass is 10.0. The van der Waals surface area contributed by atoms with Crippen molar-refractivity contribution in [1.82, 2.24) is 0 Å². The van der Waals surface area contributed by atoms with Crippen LogP contribution in [0.4, 0.5) is 0 Å². The lowest BCUT2D eigenvalue weighted by molar-refractivity contribution is 0.0952. The number of carbonyl (C=O) groups excluding carboxylic acids is 1. The summed E-state index contributed by atoms with van der Waals surface area (Å²) in [6.07, 6.45) is 3.94. The lowest BCUT2D eigenvalue weighted by Gasteiger charge is -1.99. The van der Waals surface area contributed by atoms with Crippen LogP contribution >= 0.6 is 11.3 Å². The Morgan fingerprint density at radius 3 is 2.71 bits per heavy atom. The molecule has 2 aliphatic carbocycles. The fraction of sp³-hybridized carbons (Fsp3) is 0.583. The molecular weight excluding hydrogens is 192 g/mol. The Hall–Kier alpha value is -0.630. The van der Waals surface area contributed by atoms with Gasteiger partial charge in [0, 0.05) is 21.7 Å². The Bertz CT molecular complexity index is 369. The number of aryl methyl sites for hydroxylation is 1. The van der Waals surface area contributed by atoms with Gasteiger partial charge in [0.15, 0.2) is 5.78 Å². The van der Waals surface area contributed by atoms with Crippen molar-refractivity contribution in [3.63, 3.8) is 0 Å². The summed E-state index contributed by atoms with van der Waals surface area (Å²) < 4.78 is 0. The van der Waals surface area contributed by atoms with Crippen molar-refractivity contribution in [1.29, 1.82) is 0 Å². The standard InChI is InChI=1S/C12H14OS/c1-7-5-8(6-14-7)12(13)11-9-3-2-4-10(9)11/h5-6,9-11H,2-4H2,1H3. The molecule has 1 nitrogen and oxygen atoms in total. The molecule has 3 rings (SSSR count). The van der Waals surface area contributed by atoms with E-state index in [0.29, 0.717) is 11.7 Å². The van der Waals surface area contributed by atoms with Crippen molar-refractivity contribution >= 4 is 17.1 Å². The number of hydrogen-bond acceptors (Lipinski definition) is 2. The molecule has 0 N–H and O–H groups in total. The summed E-state index contributed by atoms with van der Waals surface area (Å²) in [6, 6.07) is 2.04. The molecule has 0 radical (unpaired) electrons. The quantitative estimate of drug-likeness (QED) is 0.679. The first kappa shape index (κ1) is 8.66. The van der Waals surface area contributed by atoms with Gasteiger partial charge in [-0.2, -0.15) is 0 Å². The molecule has 74 valence electrons. The molecule has 0 spiro atoms. The van der Waals surface area contributed by atoms with Crippen LogP contribution in [0.2, 0.25) is 0 Å². The average Bonchev–Trinajstić information content (AvgIpc) is 2.56. The minimum Gasteiger partial charge on any atom is -0.294 e. The second kappa shape index (κ2) is 2.93. The van der Waals surface area contributed by atoms with E-state index >= 15 is 0 Å². The zero-order valence-electron chi connectivity index (χ0n) is 8.32. The highest BCUT2D eigenvalue weighted by atomic mass is 32.1. The van der Waals surface area contributed by atoms with Gasteiger partial charge in [0.2, 0.25) is 0 Å². The van der Waals surface area contributed by atoms with Gasteiger partial charge < -0.3 is 0 Å². The molecule has 0 bridgehead atoms. The third kappa shape index (κ3) is 1.17. The largest absolute Gasteiger partial charge is 0.294 e. The van der Waals surface area contributed by atoms with Crippen molar-refractivity contribution in [3.05, 3.63) is 21.9 Å². The van der Waals surface area contributed by atoms with Gasteiger partial charge in [-0.3, -0.25) is 4.79 Å². The molecule has 2 fully saturated rings. The van der Waals surface area contributed by atoms with E-state index < -0.39 is 0 Å². The van der Waals surface area contributed by atoms with Crippen LogP contribution in [-0.2, 0) is 0 Å². The van der Waals surface area contributed by atoms with E-state index in [-0.39, 0.29) is 0 Å². The van der Waals surface area contributed by atoms with Crippen molar-refractivity contribution in [2.24, 2.45) is 17.8 Å². The number of rotatable bonds is 2. The van der Waals surface area contributed by atoms with E-state index in [1.165, 1.54) is 24.1 Å². The van der Waals surface area contributed by atoms with Gasteiger partial charge in [-0.05, 0) is 37.7 Å². The van der Waals surface area contributed by atoms with Crippen LogP contribution in [0.15, 0.2) is 11.4 Å². The highest BCUT2D eigenvalue weighted by molar-refractivity contribution is 7.10. The Kier molecular flexibility index (Phi) is 1.81. The van der Waals surface area contributed by atoms with Gasteiger partial charge in [-0.15, -0.1) is 11.3 Å². The summed E-state index contributed by atoms with van der Waals surface area (Å²) in [5.74, 6) is 2.33. The molecule has 2 unspecified atom stereocenters. The Morgan fingerprint density at radius 1 is 1.43 bits per heavy atom. The first-order valence-corrected chi connectivity index (χ1v) is 6.24. The number of fused-ring (bicyclic) bond motifs is 1. The lowest BCUT2D eigenvalue weighted by Crippen LogP contribution is -2.04. The topological polar surface area (TPSA) is 17.1 Å². The monoisotopic (exact) mass is 206 g/mol. The van der Waals surface area contributed by atoms with E-state index in [4.69, 9.17) is 0 Å². The van der Waals surface area contributed by atoms with Gasteiger partial charge in [0.05, 0.1) is 0 Å². The molecule has 2 saturated carbocycles. The average molecular weight is 206 g/mol. The number of hydrogen-bond donors (Lipinski definition) is 0. The van der Waals surface area contributed by atoms with Crippen LogP contribution < -0.4 is 0 Å². The fourth-order valence-corrected chi connectivity index (χ4v) is 3.67. The molecule has 2 atom stereocenters. The van der Waals surface area contributed by atoms with Crippen LogP contribution in [-0.4, -0.2) is 5.78 Å². The van der Waals surface area contributed by atoms with E-state index in [0.717, 1.165) is 17.4 Å². The smallest absolute Gasteiger partial charge is 0.167 e. The molecule has 0 amide bonds. The van der Waals surface area contributed by atoms with E-state index in [1.807, 2.05) is 11.4 Å². The number of Topliss-reactive ketones (excluding diaryl/α,β-unsaturated/α-hetero) is 1. The number of ketones is 1. The van der Waals surface area contributed by atoms with Gasteiger partial charge in [0.25, 0.3) is 0 Å². The maximum atomic E-state index is 12.0. The first-order chi connectivity index (χ1) is 6.77. The molecule has 2 heteroatoms. The normalized spacial score (nSPS) is 34.2. The summed E-state index contributed by atoms with van der Waals surface area (Å²) in [4.78, 5) is 13.3. The highest BCUT2D eigenvalue weighted by Gasteiger charge is 2.56. The van der Waals surface area contributed by atoms with Crippen LogP contribution in [0.3, 0.4) is 0 Å². The van der Waals surface area contributed by atoms with Crippen LogP contribution in [0.1, 0.15) is 34.5 Å². The van der Waals surface area contributed by atoms with Crippen molar-refractivity contribution in [2.75, 3.05) is 0 Å². The van der Waals surface area contributed by atoms with Crippen LogP contribution in [0.25, 0.3) is 0 Å². The third-order valence-electron chi connectivity index (χ3n) is 3.72. The molecule has 1 aromatic rings. The minimum absolute atomic E-state index is 0.401. The number of thiophene rings is 1. The van der Waals surface area contributed by atoms with E-state index in [9.17, 15) is 4.79 Å². The predicted octanol–water partition coefficient (Wildman–Crippen LogP) is 3.29. The third-order valence-corrected chi connectivity index (χ3v) is 4.59. The summed E-state index contributed by atoms with van der Waals surface area (Å²) >= 11 is 1.69. The van der Waals surface area contributed by atoms with Gasteiger partial charge in [0.1, 0.15) is 0 Å². The maximum Gasteiger partial charge on any atom is 0.167 e. The predicted molar refractivity (Wildman–Crippen MR) is 57.7 cm³/mol. The molecule has 0 saturated heterocycles. The molecule has 14 heavy (non-hydrogen) atoms. The van der Waals surface area contributed by atoms with Crippen molar-refractivity contribution < 1.29 is 4.79 Å². The molecule has 0 aliphatic heterocycles. The minimum atomic E-state index is 0.401. The zero-order chi connectivity index (χ0) is 9.71. The summed E-state index contributed by atoms with van der Waals surface area (Å²) in [6.45, 7) is 2.06. The fourth-order valence-electron chi connectivity index (χ4n) is 2.98. The SMILES string of the molecule is Cc1cc(C(=O)C2C3CCCC32)cs1. The van der Waals surface area contributed by atoms with Gasteiger partial charge >= 0.3 is 0 Å². The Morgan fingerprint density at radius 2 is 2.14 bits per heavy atom. The Balaban J connectivity index is 1.78.